The van der Waals surface area contributed by atoms with Crippen LogP contribution in [0.2, 0.25) is 0 Å². The molecule has 0 aromatic heterocycles. The normalized spacial score (nSPS) is 20.7. The summed E-state index contributed by atoms with van der Waals surface area (Å²) in [6, 6.07) is 4.16. The van der Waals surface area contributed by atoms with Gasteiger partial charge in [0.2, 0.25) is 0 Å². The molecule has 1 aromatic carbocycles. The lowest BCUT2D eigenvalue weighted by atomic mass is 10.1. The average Bonchev–Trinajstić information content (AvgIpc) is 2.38. The van der Waals surface area contributed by atoms with Gasteiger partial charge in [-0.15, -0.1) is 0 Å². The number of thioether (sulfide) groups is 1. The molecule has 1 N–H and O–H groups in total. The van der Waals surface area contributed by atoms with Gasteiger partial charge in [0.25, 0.3) is 0 Å². The summed E-state index contributed by atoms with van der Waals surface area (Å²) in [5.74, 6) is 1.67. The van der Waals surface area contributed by atoms with Crippen LogP contribution in [0.1, 0.15) is 18.1 Å². The van der Waals surface area contributed by atoms with Gasteiger partial charge >= 0.3 is 6.18 Å². The number of benzene rings is 1. The van der Waals surface area contributed by atoms with Crippen LogP contribution in [0.3, 0.4) is 0 Å². The number of anilines is 1. The highest BCUT2D eigenvalue weighted by molar-refractivity contribution is 7.99. The first-order valence-electron chi connectivity index (χ1n) is 6.09. The van der Waals surface area contributed by atoms with E-state index in [0.717, 1.165) is 17.6 Å². The first kappa shape index (κ1) is 14.5. The fourth-order valence-electron chi connectivity index (χ4n) is 2.24. The molecule has 2 nitrogen and oxygen atoms in total. The van der Waals surface area contributed by atoms with Crippen molar-refractivity contribution in [1.82, 2.24) is 0 Å². The largest absolute Gasteiger partial charge is 0.418 e. The van der Waals surface area contributed by atoms with Gasteiger partial charge in [-0.05, 0) is 24.6 Å². The van der Waals surface area contributed by atoms with Gasteiger partial charge in [-0.1, -0.05) is 6.07 Å². The molecule has 1 unspecified atom stereocenters. The third-order valence-electron chi connectivity index (χ3n) is 3.23. The van der Waals surface area contributed by atoms with E-state index in [2.05, 4.69) is 0 Å². The third kappa shape index (κ3) is 3.17. The van der Waals surface area contributed by atoms with E-state index in [1.807, 2.05) is 6.92 Å². The van der Waals surface area contributed by atoms with Crippen molar-refractivity contribution in [3.05, 3.63) is 29.3 Å². The minimum Gasteiger partial charge on any atom is -0.392 e. The summed E-state index contributed by atoms with van der Waals surface area (Å²) in [5, 5.41) is 9.00. The molecule has 0 radical (unpaired) electrons. The molecule has 1 atom stereocenters. The molecule has 0 bridgehead atoms. The Balaban J connectivity index is 2.43. The molecule has 0 aliphatic carbocycles. The maximum atomic E-state index is 13.1. The number of hydrogen-bond donors (Lipinski definition) is 1. The van der Waals surface area contributed by atoms with Crippen LogP contribution in [-0.2, 0) is 12.8 Å². The van der Waals surface area contributed by atoms with Gasteiger partial charge in [-0.3, -0.25) is 0 Å². The summed E-state index contributed by atoms with van der Waals surface area (Å²) >= 11 is 1.76. The van der Waals surface area contributed by atoms with Crippen LogP contribution in [0.25, 0.3) is 0 Å². The van der Waals surface area contributed by atoms with Crippen molar-refractivity contribution < 1.29 is 18.3 Å². The Labute approximate surface area is 114 Å². The molecule has 1 aliphatic rings. The van der Waals surface area contributed by atoms with E-state index in [9.17, 15) is 13.2 Å². The lowest BCUT2D eigenvalue weighted by Gasteiger charge is -2.36. The van der Waals surface area contributed by atoms with Crippen molar-refractivity contribution in [2.75, 3.05) is 23.0 Å². The Bertz CT molecular complexity index is 450. The summed E-state index contributed by atoms with van der Waals surface area (Å²) in [4.78, 5) is 1.81. The summed E-state index contributed by atoms with van der Waals surface area (Å²) in [5.41, 5.74) is -0.148. The molecule has 0 spiro atoms. The summed E-state index contributed by atoms with van der Waals surface area (Å²) in [6.07, 6.45) is -4.40. The smallest absolute Gasteiger partial charge is 0.392 e. The summed E-state index contributed by atoms with van der Waals surface area (Å²) in [6.45, 7) is 2.18. The van der Waals surface area contributed by atoms with Crippen LogP contribution in [0, 0.1) is 0 Å². The predicted molar refractivity (Wildman–Crippen MR) is 71.5 cm³/mol. The standard InChI is InChI=1S/C13H16F3NOS/c1-9-8-19-5-4-17(9)12-3-2-10(7-18)6-11(12)13(14,15)16/h2-3,6,9,18H,4-5,7-8H2,1H3. The number of nitrogens with zero attached hydrogens (tertiary/aromatic N) is 1. The maximum Gasteiger partial charge on any atom is 0.418 e. The van der Waals surface area contributed by atoms with Crippen LogP contribution in [0.5, 0.6) is 0 Å². The molecular formula is C13H16F3NOS. The molecule has 1 aromatic rings. The number of aliphatic hydroxyl groups is 1. The number of hydrogen-bond acceptors (Lipinski definition) is 3. The SMILES string of the molecule is CC1CSCCN1c1ccc(CO)cc1C(F)(F)F. The lowest BCUT2D eigenvalue weighted by molar-refractivity contribution is -0.137. The van der Waals surface area contributed by atoms with Crippen LogP contribution >= 0.6 is 11.8 Å². The van der Waals surface area contributed by atoms with E-state index < -0.39 is 11.7 Å². The number of aliphatic hydroxyl groups excluding tert-OH is 1. The Kier molecular flexibility index (Phi) is 4.30. The fourth-order valence-corrected chi connectivity index (χ4v) is 3.26. The van der Waals surface area contributed by atoms with Gasteiger partial charge in [-0.25, -0.2) is 0 Å². The van der Waals surface area contributed by atoms with E-state index in [-0.39, 0.29) is 23.9 Å². The quantitative estimate of drug-likeness (QED) is 0.905. The van der Waals surface area contributed by atoms with Gasteiger partial charge in [0, 0.05) is 29.8 Å². The molecule has 6 heteroatoms. The molecule has 1 aliphatic heterocycles. The van der Waals surface area contributed by atoms with E-state index in [0.29, 0.717) is 6.54 Å². The first-order chi connectivity index (χ1) is 8.93. The molecule has 0 amide bonds. The van der Waals surface area contributed by atoms with Crippen LogP contribution in [0.15, 0.2) is 18.2 Å². The van der Waals surface area contributed by atoms with Crippen LogP contribution in [-0.4, -0.2) is 29.2 Å². The van der Waals surface area contributed by atoms with Gasteiger partial charge < -0.3 is 10.0 Å². The minimum atomic E-state index is -4.40. The zero-order chi connectivity index (χ0) is 14.0. The molecule has 0 saturated carbocycles. The Morgan fingerprint density at radius 1 is 1.42 bits per heavy atom. The second-order valence-electron chi connectivity index (χ2n) is 4.62. The van der Waals surface area contributed by atoms with Gasteiger partial charge in [0.15, 0.2) is 0 Å². The fraction of sp³-hybridized carbons (Fsp3) is 0.538. The summed E-state index contributed by atoms with van der Waals surface area (Å²) < 4.78 is 39.4. The summed E-state index contributed by atoms with van der Waals surface area (Å²) in [7, 11) is 0. The van der Waals surface area contributed by atoms with Gasteiger partial charge in [-0.2, -0.15) is 24.9 Å². The van der Waals surface area contributed by atoms with E-state index in [1.165, 1.54) is 6.07 Å². The average molecular weight is 291 g/mol. The van der Waals surface area contributed by atoms with Crippen molar-refractivity contribution in [3.8, 4) is 0 Å². The van der Waals surface area contributed by atoms with E-state index in [4.69, 9.17) is 5.11 Å². The number of halogens is 3. The van der Waals surface area contributed by atoms with Crippen molar-refractivity contribution in [3.63, 3.8) is 0 Å². The van der Waals surface area contributed by atoms with Crippen molar-refractivity contribution >= 4 is 17.4 Å². The number of alkyl halides is 3. The Morgan fingerprint density at radius 3 is 2.74 bits per heavy atom. The van der Waals surface area contributed by atoms with Crippen molar-refractivity contribution in [2.24, 2.45) is 0 Å². The van der Waals surface area contributed by atoms with E-state index in [1.54, 1.807) is 22.7 Å². The van der Waals surface area contributed by atoms with E-state index >= 15 is 0 Å². The zero-order valence-electron chi connectivity index (χ0n) is 10.6. The van der Waals surface area contributed by atoms with Crippen molar-refractivity contribution in [1.29, 1.82) is 0 Å². The first-order valence-corrected chi connectivity index (χ1v) is 7.24. The second kappa shape index (κ2) is 5.63. The van der Waals surface area contributed by atoms with Crippen LogP contribution < -0.4 is 4.90 Å². The molecule has 19 heavy (non-hydrogen) atoms. The highest BCUT2D eigenvalue weighted by atomic mass is 32.2. The van der Waals surface area contributed by atoms with Crippen molar-refractivity contribution in [2.45, 2.75) is 25.7 Å². The topological polar surface area (TPSA) is 23.5 Å². The predicted octanol–water partition coefficient (Wildman–Crippen LogP) is 3.14. The Morgan fingerprint density at radius 2 is 2.16 bits per heavy atom. The molecule has 106 valence electrons. The van der Waals surface area contributed by atoms with Gasteiger partial charge in [0.05, 0.1) is 12.2 Å². The highest BCUT2D eigenvalue weighted by Crippen LogP contribution is 2.39. The molecule has 1 heterocycles. The molecule has 2 rings (SSSR count). The maximum absolute atomic E-state index is 13.1. The monoisotopic (exact) mass is 291 g/mol. The lowest BCUT2D eigenvalue weighted by Crippen LogP contribution is -2.41. The molecular weight excluding hydrogens is 275 g/mol. The Hall–Kier alpha value is -0.880. The zero-order valence-corrected chi connectivity index (χ0v) is 11.4. The third-order valence-corrected chi connectivity index (χ3v) is 4.42. The minimum absolute atomic E-state index is 0.0832. The molecule has 1 fully saturated rings. The second-order valence-corrected chi connectivity index (χ2v) is 5.77. The van der Waals surface area contributed by atoms with Crippen LogP contribution in [0.4, 0.5) is 18.9 Å². The molecule has 1 saturated heterocycles. The highest BCUT2D eigenvalue weighted by Gasteiger charge is 2.36. The number of rotatable bonds is 2. The van der Waals surface area contributed by atoms with Gasteiger partial charge in [0.1, 0.15) is 0 Å².